The van der Waals surface area contributed by atoms with Crippen LogP contribution in [0.25, 0.3) is 0 Å². The van der Waals surface area contributed by atoms with E-state index in [1.165, 1.54) is 4.90 Å². The van der Waals surface area contributed by atoms with Crippen LogP contribution in [0.5, 0.6) is 0 Å². The number of nitrogens with zero attached hydrogens (tertiary/aromatic N) is 1. The normalized spacial score (nSPS) is 11.8. The minimum Gasteiger partial charge on any atom is -0.444 e. The molecule has 0 fully saturated rings. The maximum Gasteiger partial charge on any atom is 0.408 e. The van der Waals surface area contributed by atoms with Gasteiger partial charge in [-0.1, -0.05) is 54.6 Å². The minimum atomic E-state index is -0.920. The summed E-state index contributed by atoms with van der Waals surface area (Å²) in [6.45, 7) is 12.6. The van der Waals surface area contributed by atoms with Gasteiger partial charge >= 0.3 is 6.09 Å². The van der Waals surface area contributed by atoms with Crippen LogP contribution < -0.4 is 10.6 Å². The first-order valence-corrected chi connectivity index (χ1v) is 10.8. The topological polar surface area (TPSA) is 87.7 Å². The van der Waals surface area contributed by atoms with E-state index in [0.29, 0.717) is 11.3 Å². The van der Waals surface area contributed by atoms with E-state index in [4.69, 9.17) is 4.74 Å². The Balaban J connectivity index is 2.32. The molecule has 2 aromatic carbocycles. The van der Waals surface area contributed by atoms with Crippen LogP contribution in [0.3, 0.4) is 0 Å². The molecule has 0 heterocycles. The summed E-state index contributed by atoms with van der Waals surface area (Å²) in [6.07, 6.45) is 0.846. The Hall–Kier alpha value is -3.61. The first-order valence-electron chi connectivity index (χ1n) is 10.8. The van der Waals surface area contributed by atoms with Crippen LogP contribution in [0.2, 0.25) is 0 Å². The quantitative estimate of drug-likeness (QED) is 0.578. The number of amides is 3. The van der Waals surface area contributed by atoms with Crippen molar-refractivity contribution in [1.29, 1.82) is 0 Å². The third-order valence-electron chi connectivity index (χ3n) is 4.83. The third kappa shape index (κ3) is 7.49. The third-order valence-corrected chi connectivity index (χ3v) is 4.83. The molecule has 0 aliphatic carbocycles. The highest BCUT2D eigenvalue weighted by atomic mass is 16.6. The summed E-state index contributed by atoms with van der Waals surface area (Å²) in [5, 5.41) is 5.46. The molecule has 0 bridgehead atoms. The van der Waals surface area contributed by atoms with Crippen LogP contribution in [-0.2, 0) is 14.3 Å². The Kier molecular flexibility index (Phi) is 8.79. The van der Waals surface area contributed by atoms with Crippen molar-refractivity contribution >= 4 is 23.6 Å². The van der Waals surface area contributed by atoms with Crippen molar-refractivity contribution in [1.82, 2.24) is 10.2 Å². The van der Waals surface area contributed by atoms with Crippen molar-refractivity contribution < 1.29 is 19.1 Å². The van der Waals surface area contributed by atoms with E-state index in [9.17, 15) is 14.4 Å². The van der Waals surface area contributed by atoms with Crippen LogP contribution in [0.4, 0.5) is 10.5 Å². The molecule has 0 saturated carbocycles. The number of carbonyl (C=O) groups excluding carboxylic acids is 3. The van der Waals surface area contributed by atoms with E-state index in [-0.39, 0.29) is 19.0 Å². The second-order valence-electron chi connectivity index (χ2n) is 8.76. The number of para-hydroxylation sites is 1. The van der Waals surface area contributed by atoms with Crippen molar-refractivity contribution in [2.75, 3.05) is 18.4 Å². The fraction of sp³-hybridized carbons (Fsp3) is 0.346. The fourth-order valence-corrected chi connectivity index (χ4v) is 3.37. The largest absolute Gasteiger partial charge is 0.444 e. The summed E-state index contributed by atoms with van der Waals surface area (Å²) in [5.74, 6) is -0.794. The number of aryl methyl sites for hydroxylation is 2. The van der Waals surface area contributed by atoms with Gasteiger partial charge in [0, 0.05) is 12.2 Å². The number of ether oxygens (including phenoxy) is 1. The Morgan fingerprint density at radius 3 is 2.18 bits per heavy atom. The molecule has 7 nitrogen and oxygen atoms in total. The number of rotatable bonds is 8. The summed E-state index contributed by atoms with van der Waals surface area (Å²) < 4.78 is 5.21. The second-order valence-corrected chi connectivity index (χ2v) is 8.76. The van der Waals surface area contributed by atoms with Gasteiger partial charge in [0.1, 0.15) is 18.2 Å². The van der Waals surface area contributed by atoms with E-state index < -0.39 is 23.6 Å². The summed E-state index contributed by atoms with van der Waals surface area (Å²) in [6, 6.07) is 13.9. The summed E-state index contributed by atoms with van der Waals surface area (Å²) in [4.78, 5) is 40.1. The molecule has 0 aliphatic heterocycles. The van der Waals surface area contributed by atoms with Crippen LogP contribution in [0.1, 0.15) is 43.5 Å². The van der Waals surface area contributed by atoms with Crippen LogP contribution >= 0.6 is 0 Å². The minimum absolute atomic E-state index is 0.120. The highest BCUT2D eigenvalue weighted by Crippen LogP contribution is 2.26. The zero-order chi connectivity index (χ0) is 24.6. The van der Waals surface area contributed by atoms with Crippen molar-refractivity contribution in [2.24, 2.45) is 0 Å². The van der Waals surface area contributed by atoms with Gasteiger partial charge in [-0.15, -0.1) is 6.58 Å². The Morgan fingerprint density at radius 2 is 1.64 bits per heavy atom. The molecular formula is C26H33N3O4. The highest BCUT2D eigenvalue weighted by molar-refractivity contribution is 5.99. The van der Waals surface area contributed by atoms with E-state index in [1.807, 2.05) is 50.2 Å². The molecule has 0 saturated heterocycles. The van der Waals surface area contributed by atoms with Crippen LogP contribution in [-0.4, -0.2) is 41.5 Å². The van der Waals surface area contributed by atoms with Crippen molar-refractivity contribution in [3.05, 3.63) is 77.9 Å². The van der Waals surface area contributed by atoms with Gasteiger partial charge in [-0.25, -0.2) is 4.79 Å². The van der Waals surface area contributed by atoms with Gasteiger partial charge in [0.2, 0.25) is 5.91 Å². The van der Waals surface area contributed by atoms with Gasteiger partial charge in [-0.2, -0.15) is 0 Å². The number of benzene rings is 2. The molecule has 33 heavy (non-hydrogen) atoms. The smallest absolute Gasteiger partial charge is 0.408 e. The summed E-state index contributed by atoms with van der Waals surface area (Å²) >= 11 is 0. The van der Waals surface area contributed by atoms with E-state index in [1.54, 1.807) is 39.0 Å². The number of carbonyl (C=O) groups is 3. The zero-order valence-electron chi connectivity index (χ0n) is 20.0. The molecule has 0 radical (unpaired) electrons. The number of hydrogen-bond donors (Lipinski definition) is 2. The van der Waals surface area contributed by atoms with Crippen LogP contribution in [0.15, 0.2) is 61.2 Å². The molecule has 2 rings (SSSR count). The Labute approximate surface area is 195 Å². The molecule has 2 N–H and O–H groups in total. The molecule has 0 spiro atoms. The predicted octanol–water partition coefficient (Wildman–Crippen LogP) is 4.52. The van der Waals surface area contributed by atoms with Crippen molar-refractivity contribution in [2.45, 2.75) is 46.3 Å². The molecule has 0 aromatic heterocycles. The maximum absolute atomic E-state index is 13.5. The van der Waals surface area contributed by atoms with E-state index in [2.05, 4.69) is 17.2 Å². The lowest BCUT2D eigenvalue weighted by Crippen LogP contribution is -2.46. The first-order chi connectivity index (χ1) is 15.5. The zero-order valence-corrected chi connectivity index (χ0v) is 20.0. The molecule has 1 unspecified atom stereocenters. The van der Waals surface area contributed by atoms with Crippen molar-refractivity contribution in [3.8, 4) is 0 Å². The fourth-order valence-electron chi connectivity index (χ4n) is 3.37. The van der Waals surface area contributed by atoms with E-state index in [0.717, 1.165) is 11.1 Å². The second kappa shape index (κ2) is 11.3. The lowest BCUT2D eigenvalue weighted by molar-refractivity contribution is -0.137. The molecule has 0 aliphatic rings. The summed E-state index contributed by atoms with van der Waals surface area (Å²) in [7, 11) is 0. The van der Waals surface area contributed by atoms with Gasteiger partial charge in [-0.05, 0) is 51.3 Å². The average Bonchev–Trinajstić information content (AvgIpc) is 2.74. The van der Waals surface area contributed by atoms with Crippen LogP contribution in [0, 0.1) is 13.8 Å². The molecule has 3 amide bonds. The highest BCUT2D eigenvalue weighted by Gasteiger charge is 2.31. The standard InChI is InChI=1S/C26H33N3O4/c1-7-16-29(21(30)17-27-25(32)33-26(4,5)6)23(20-14-9-8-10-15-20)24(31)28-22-18(2)12-11-13-19(22)3/h7-15,23H,1,16-17H2,2-6H3,(H,27,32)(H,28,31). The summed E-state index contributed by atoms with van der Waals surface area (Å²) in [5.41, 5.74) is 2.51. The maximum atomic E-state index is 13.5. The average molecular weight is 452 g/mol. The predicted molar refractivity (Wildman–Crippen MR) is 130 cm³/mol. The number of anilines is 1. The monoisotopic (exact) mass is 451 g/mol. The van der Waals surface area contributed by atoms with Gasteiger partial charge in [-0.3, -0.25) is 9.59 Å². The van der Waals surface area contributed by atoms with E-state index >= 15 is 0 Å². The lowest BCUT2D eigenvalue weighted by atomic mass is 10.0. The van der Waals surface area contributed by atoms with Crippen molar-refractivity contribution in [3.63, 3.8) is 0 Å². The molecular weight excluding hydrogens is 418 g/mol. The molecule has 2 aromatic rings. The van der Waals surface area contributed by atoms with Gasteiger partial charge < -0.3 is 20.3 Å². The Bertz CT molecular complexity index is 976. The molecule has 1 atom stereocenters. The molecule has 7 heteroatoms. The lowest BCUT2D eigenvalue weighted by Gasteiger charge is -2.31. The SMILES string of the molecule is C=CCN(C(=O)CNC(=O)OC(C)(C)C)C(C(=O)Nc1c(C)cccc1C)c1ccccc1. The van der Waals surface area contributed by atoms with Gasteiger partial charge in [0.15, 0.2) is 0 Å². The Morgan fingerprint density at radius 1 is 1.03 bits per heavy atom. The number of hydrogen-bond acceptors (Lipinski definition) is 4. The molecule has 176 valence electrons. The number of nitrogens with one attached hydrogen (secondary N) is 2. The number of alkyl carbamates (subject to hydrolysis) is 1. The van der Waals surface area contributed by atoms with Gasteiger partial charge in [0.05, 0.1) is 0 Å². The van der Waals surface area contributed by atoms with Gasteiger partial charge in [0.25, 0.3) is 5.91 Å². The first kappa shape index (κ1) is 25.6.